The molecule has 2 N–H and O–H groups in total. The number of aromatic nitrogens is 2. The van der Waals surface area contributed by atoms with E-state index in [0.29, 0.717) is 36.1 Å². The van der Waals surface area contributed by atoms with E-state index in [1.54, 1.807) is 35.8 Å². The minimum Gasteiger partial charge on any atom is -0.494 e. The molecule has 0 saturated carbocycles. The smallest absolute Gasteiger partial charge is 0.492 e. The van der Waals surface area contributed by atoms with Gasteiger partial charge in [-0.05, 0) is 42.8 Å². The molecule has 0 saturated heterocycles. The molecule has 3 aromatic rings. The maximum Gasteiger partial charge on any atom is 0.492 e. The molecule has 0 unspecified atom stereocenters. The van der Waals surface area contributed by atoms with Crippen LogP contribution < -0.4 is 15.2 Å². The van der Waals surface area contributed by atoms with Crippen molar-refractivity contribution in [2.24, 2.45) is 11.0 Å². The standard InChI is InChI=1S/C20H25BN4O3S/c1-5-28-18-10-15(6-7-16(18)21(26)27)11-22-25(12-13(2)3)20-19-17(8-9-29-19)23-14(4)24-20/h6-11,13,26-27H,5,12H2,1-4H3/b22-11+. The lowest BCUT2D eigenvalue weighted by Gasteiger charge is -2.21. The number of aryl methyl sites for hydroxylation is 1. The van der Waals surface area contributed by atoms with Crippen LogP contribution in [0, 0.1) is 12.8 Å². The van der Waals surface area contributed by atoms with E-state index in [9.17, 15) is 10.0 Å². The molecule has 2 heterocycles. The largest absolute Gasteiger partial charge is 0.494 e. The summed E-state index contributed by atoms with van der Waals surface area (Å²) < 4.78 is 6.55. The molecular weight excluding hydrogens is 387 g/mol. The zero-order valence-electron chi connectivity index (χ0n) is 17.0. The topological polar surface area (TPSA) is 91.1 Å². The van der Waals surface area contributed by atoms with Crippen molar-refractivity contribution in [3.05, 3.63) is 41.0 Å². The third-order valence-corrected chi connectivity index (χ3v) is 5.04. The summed E-state index contributed by atoms with van der Waals surface area (Å²) in [7, 11) is -1.59. The maximum absolute atomic E-state index is 9.51. The highest BCUT2D eigenvalue weighted by atomic mass is 32.1. The van der Waals surface area contributed by atoms with Crippen molar-refractivity contribution in [1.82, 2.24) is 9.97 Å². The van der Waals surface area contributed by atoms with Crippen LogP contribution in [0.3, 0.4) is 0 Å². The average Bonchev–Trinajstić information content (AvgIpc) is 3.12. The molecule has 29 heavy (non-hydrogen) atoms. The van der Waals surface area contributed by atoms with Gasteiger partial charge in [0.05, 0.1) is 23.0 Å². The zero-order valence-corrected chi connectivity index (χ0v) is 17.8. The zero-order chi connectivity index (χ0) is 21.0. The molecule has 152 valence electrons. The van der Waals surface area contributed by atoms with Gasteiger partial charge in [-0.2, -0.15) is 5.10 Å². The molecule has 3 rings (SSSR count). The van der Waals surface area contributed by atoms with E-state index in [4.69, 9.17) is 9.84 Å². The molecule has 9 heteroatoms. The minimum atomic E-state index is -1.59. The van der Waals surface area contributed by atoms with Crippen LogP contribution in [0.15, 0.2) is 34.7 Å². The van der Waals surface area contributed by atoms with Crippen molar-refractivity contribution in [2.75, 3.05) is 18.2 Å². The first-order valence-electron chi connectivity index (χ1n) is 9.55. The number of ether oxygens (including phenoxy) is 1. The lowest BCUT2D eigenvalue weighted by Crippen LogP contribution is -2.31. The molecule has 0 bridgehead atoms. The summed E-state index contributed by atoms with van der Waals surface area (Å²) in [4.78, 5) is 9.14. The first kappa shape index (κ1) is 21.2. The van der Waals surface area contributed by atoms with Crippen LogP contribution >= 0.6 is 11.3 Å². The predicted octanol–water partition coefficient (Wildman–Crippen LogP) is 2.57. The molecule has 0 aliphatic rings. The van der Waals surface area contributed by atoms with E-state index in [0.717, 1.165) is 21.6 Å². The highest BCUT2D eigenvalue weighted by Gasteiger charge is 2.18. The summed E-state index contributed by atoms with van der Waals surface area (Å²) in [6.45, 7) is 9.12. The van der Waals surface area contributed by atoms with Crippen molar-refractivity contribution in [2.45, 2.75) is 27.7 Å². The van der Waals surface area contributed by atoms with Gasteiger partial charge in [0.25, 0.3) is 0 Å². The van der Waals surface area contributed by atoms with Crippen LogP contribution in [0.1, 0.15) is 32.2 Å². The summed E-state index contributed by atoms with van der Waals surface area (Å²) in [6, 6.07) is 7.15. The number of anilines is 1. The van der Waals surface area contributed by atoms with Crippen molar-refractivity contribution in [1.29, 1.82) is 0 Å². The number of fused-ring (bicyclic) bond motifs is 1. The van der Waals surface area contributed by atoms with Gasteiger partial charge < -0.3 is 14.8 Å². The molecule has 0 aliphatic carbocycles. The molecular formula is C20H25BN4O3S. The Hall–Kier alpha value is -2.49. The second kappa shape index (κ2) is 9.34. The van der Waals surface area contributed by atoms with Crippen molar-refractivity contribution in [3.63, 3.8) is 0 Å². The Labute approximate surface area is 174 Å². The van der Waals surface area contributed by atoms with E-state index in [1.165, 1.54) is 0 Å². The predicted molar refractivity (Wildman–Crippen MR) is 119 cm³/mol. The third kappa shape index (κ3) is 5.12. The Morgan fingerprint density at radius 1 is 1.28 bits per heavy atom. The number of nitrogens with zero attached hydrogens (tertiary/aromatic N) is 4. The van der Waals surface area contributed by atoms with Crippen molar-refractivity contribution < 1.29 is 14.8 Å². The molecule has 0 spiro atoms. The fourth-order valence-corrected chi connectivity index (χ4v) is 3.76. The van der Waals surface area contributed by atoms with Gasteiger partial charge in [-0.1, -0.05) is 26.0 Å². The summed E-state index contributed by atoms with van der Waals surface area (Å²) in [5.41, 5.74) is 2.04. The molecule has 0 fully saturated rings. The van der Waals surface area contributed by atoms with Crippen LogP contribution in [-0.4, -0.2) is 46.5 Å². The molecule has 2 aromatic heterocycles. The molecule has 0 aliphatic heterocycles. The van der Waals surface area contributed by atoms with Gasteiger partial charge in [0.15, 0.2) is 5.82 Å². The molecule has 0 amide bonds. The summed E-state index contributed by atoms with van der Waals surface area (Å²) in [5, 5.41) is 27.6. The van der Waals surface area contributed by atoms with Crippen LogP contribution in [0.25, 0.3) is 10.2 Å². The molecule has 7 nitrogen and oxygen atoms in total. The Kier molecular flexibility index (Phi) is 6.84. The number of hydrogen-bond acceptors (Lipinski definition) is 8. The second-order valence-electron chi connectivity index (χ2n) is 7.05. The number of rotatable bonds is 8. The van der Waals surface area contributed by atoms with Crippen LogP contribution in [0.4, 0.5) is 5.82 Å². The van der Waals surface area contributed by atoms with Crippen LogP contribution in [0.5, 0.6) is 5.75 Å². The van der Waals surface area contributed by atoms with Crippen molar-refractivity contribution >= 4 is 46.2 Å². The normalized spacial score (nSPS) is 11.6. The van der Waals surface area contributed by atoms with Gasteiger partial charge in [-0.25, -0.2) is 15.0 Å². The van der Waals surface area contributed by atoms with E-state index in [1.807, 2.05) is 30.3 Å². The third-order valence-electron chi connectivity index (χ3n) is 4.14. The lowest BCUT2D eigenvalue weighted by atomic mass is 9.79. The minimum absolute atomic E-state index is 0.328. The van der Waals surface area contributed by atoms with E-state index in [2.05, 4.69) is 23.8 Å². The monoisotopic (exact) mass is 412 g/mol. The second-order valence-corrected chi connectivity index (χ2v) is 7.97. The van der Waals surface area contributed by atoms with Crippen LogP contribution in [0.2, 0.25) is 0 Å². The summed E-state index contributed by atoms with van der Waals surface area (Å²) >= 11 is 1.60. The van der Waals surface area contributed by atoms with Gasteiger partial charge >= 0.3 is 7.12 Å². The SMILES string of the molecule is CCOc1cc(/C=N/N(CC(C)C)c2nc(C)nc3ccsc23)ccc1B(O)O. The van der Waals surface area contributed by atoms with Gasteiger partial charge in [0, 0.05) is 12.0 Å². The first-order chi connectivity index (χ1) is 13.9. The van der Waals surface area contributed by atoms with Gasteiger partial charge in [-0.15, -0.1) is 11.3 Å². The summed E-state index contributed by atoms with van der Waals surface area (Å²) in [6.07, 6.45) is 1.73. The Morgan fingerprint density at radius 3 is 2.76 bits per heavy atom. The fourth-order valence-electron chi connectivity index (χ4n) is 2.93. The van der Waals surface area contributed by atoms with E-state index < -0.39 is 7.12 Å². The highest BCUT2D eigenvalue weighted by Crippen LogP contribution is 2.29. The van der Waals surface area contributed by atoms with Gasteiger partial charge in [-0.3, -0.25) is 0 Å². The fraction of sp³-hybridized carbons (Fsp3) is 0.350. The number of hydrazone groups is 1. The van der Waals surface area contributed by atoms with Crippen LogP contribution in [-0.2, 0) is 0 Å². The number of benzene rings is 1. The highest BCUT2D eigenvalue weighted by molar-refractivity contribution is 7.17. The van der Waals surface area contributed by atoms with E-state index in [-0.39, 0.29) is 0 Å². The summed E-state index contributed by atoms with van der Waals surface area (Å²) in [5.74, 6) is 2.30. The van der Waals surface area contributed by atoms with Gasteiger partial charge in [0.2, 0.25) is 0 Å². The maximum atomic E-state index is 9.51. The van der Waals surface area contributed by atoms with Crippen molar-refractivity contribution in [3.8, 4) is 5.75 Å². The molecule has 1 aromatic carbocycles. The average molecular weight is 412 g/mol. The van der Waals surface area contributed by atoms with E-state index >= 15 is 0 Å². The first-order valence-corrected chi connectivity index (χ1v) is 10.4. The quantitative estimate of drug-likeness (QED) is 0.336. The number of thiophene rings is 1. The molecule has 0 atom stereocenters. The lowest BCUT2D eigenvalue weighted by molar-refractivity contribution is 0.340. The molecule has 0 radical (unpaired) electrons. The Balaban J connectivity index is 1.98. The van der Waals surface area contributed by atoms with Gasteiger partial charge in [0.1, 0.15) is 11.6 Å². The Morgan fingerprint density at radius 2 is 2.07 bits per heavy atom. The Bertz CT molecular complexity index is 1010. The number of hydrogen-bond donors (Lipinski definition) is 2.